The van der Waals surface area contributed by atoms with Crippen LogP contribution in [0.15, 0.2) is 0 Å². The molecule has 3 heteroatoms. The van der Waals surface area contributed by atoms with Crippen molar-refractivity contribution in [2.45, 2.75) is 89.5 Å². The number of carbonyl (C=O) groups excluding carboxylic acids is 1. The van der Waals surface area contributed by atoms with Crippen LogP contribution < -0.4 is 5.73 Å². The molecule has 1 fully saturated rings. The van der Waals surface area contributed by atoms with Crippen molar-refractivity contribution in [2.24, 2.45) is 5.73 Å². The minimum absolute atomic E-state index is 0.203. The normalized spacial score (nSPS) is 22.3. The van der Waals surface area contributed by atoms with Crippen molar-refractivity contribution < 1.29 is 9.53 Å². The molecular formula is C17H33NO2. The lowest BCUT2D eigenvalue weighted by molar-refractivity contribution is -0.124. The van der Waals surface area contributed by atoms with E-state index in [-0.39, 0.29) is 5.78 Å². The third-order valence-electron chi connectivity index (χ3n) is 4.36. The Morgan fingerprint density at radius 2 is 1.55 bits per heavy atom. The summed E-state index contributed by atoms with van der Waals surface area (Å²) in [5, 5.41) is 0. The van der Waals surface area contributed by atoms with Gasteiger partial charge in [0.25, 0.3) is 0 Å². The van der Waals surface area contributed by atoms with E-state index < -0.39 is 5.54 Å². The zero-order valence-electron chi connectivity index (χ0n) is 13.3. The Hall–Kier alpha value is -0.410. The van der Waals surface area contributed by atoms with E-state index in [2.05, 4.69) is 6.92 Å². The molecule has 1 saturated heterocycles. The van der Waals surface area contributed by atoms with Crippen molar-refractivity contribution in [2.75, 3.05) is 13.2 Å². The fourth-order valence-electron chi connectivity index (χ4n) is 2.82. The highest BCUT2D eigenvalue weighted by molar-refractivity contribution is 5.88. The number of unbranched alkanes of at least 4 members (excludes halogenated alkanes) is 9. The van der Waals surface area contributed by atoms with E-state index in [0.717, 1.165) is 12.8 Å². The highest BCUT2D eigenvalue weighted by Gasteiger charge is 2.36. The second kappa shape index (κ2) is 10.3. The first-order chi connectivity index (χ1) is 9.69. The molecule has 1 unspecified atom stereocenters. The quantitative estimate of drug-likeness (QED) is 0.551. The first-order valence-electron chi connectivity index (χ1n) is 8.59. The van der Waals surface area contributed by atoms with Gasteiger partial charge in [0.1, 0.15) is 5.54 Å². The summed E-state index contributed by atoms with van der Waals surface area (Å²) >= 11 is 0. The lowest BCUT2D eigenvalue weighted by atomic mass is 9.91. The zero-order valence-corrected chi connectivity index (χ0v) is 13.3. The molecule has 1 heterocycles. The third-order valence-corrected chi connectivity index (χ3v) is 4.36. The van der Waals surface area contributed by atoms with Gasteiger partial charge in [0.15, 0.2) is 5.78 Å². The molecule has 0 radical (unpaired) electrons. The van der Waals surface area contributed by atoms with Crippen molar-refractivity contribution in [3.63, 3.8) is 0 Å². The van der Waals surface area contributed by atoms with E-state index in [4.69, 9.17) is 10.5 Å². The summed E-state index contributed by atoms with van der Waals surface area (Å²) in [4.78, 5) is 12.0. The Labute approximate surface area is 124 Å². The van der Waals surface area contributed by atoms with Crippen LogP contribution in [0.1, 0.15) is 84.0 Å². The summed E-state index contributed by atoms with van der Waals surface area (Å²) in [5.74, 6) is 0.203. The standard InChI is InChI=1S/C17H33NO2/c1-2-3-4-5-6-7-8-9-10-11-12-16(19)17(18)13-14-20-15-17/h2-15,18H2,1H3. The minimum Gasteiger partial charge on any atom is -0.379 e. The predicted octanol–water partition coefficient (Wildman–Crippen LogP) is 3.98. The van der Waals surface area contributed by atoms with Crippen LogP contribution in [-0.4, -0.2) is 24.5 Å². The van der Waals surface area contributed by atoms with E-state index in [1.54, 1.807) is 0 Å². The highest BCUT2D eigenvalue weighted by Crippen LogP contribution is 2.20. The number of rotatable bonds is 12. The number of ether oxygens (including phenoxy) is 1. The largest absolute Gasteiger partial charge is 0.379 e. The van der Waals surface area contributed by atoms with Gasteiger partial charge < -0.3 is 10.5 Å². The molecule has 1 rings (SSSR count). The Morgan fingerprint density at radius 1 is 1.00 bits per heavy atom. The summed E-state index contributed by atoms with van der Waals surface area (Å²) in [5.41, 5.74) is 5.38. The fraction of sp³-hybridized carbons (Fsp3) is 0.941. The van der Waals surface area contributed by atoms with E-state index >= 15 is 0 Å². The lowest BCUT2D eigenvalue weighted by Crippen LogP contribution is -2.48. The molecule has 1 atom stereocenters. The molecule has 0 aromatic rings. The van der Waals surface area contributed by atoms with Crippen LogP contribution in [-0.2, 0) is 9.53 Å². The molecule has 0 spiro atoms. The number of hydrogen-bond acceptors (Lipinski definition) is 3. The molecule has 3 nitrogen and oxygen atoms in total. The smallest absolute Gasteiger partial charge is 0.155 e. The molecule has 20 heavy (non-hydrogen) atoms. The van der Waals surface area contributed by atoms with Gasteiger partial charge in [-0.2, -0.15) is 0 Å². The maximum Gasteiger partial charge on any atom is 0.155 e. The maximum atomic E-state index is 12.0. The van der Waals surface area contributed by atoms with Gasteiger partial charge in [-0.05, 0) is 12.8 Å². The Balaban J connectivity index is 1.88. The molecule has 1 aliphatic rings. The van der Waals surface area contributed by atoms with Crippen LogP contribution in [0.4, 0.5) is 0 Å². The van der Waals surface area contributed by atoms with Crippen molar-refractivity contribution in [3.05, 3.63) is 0 Å². The van der Waals surface area contributed by atoms with Gasteiger partial charge in [0.05, 0.1) is 6.61 Å². The SMILES string of the molecule is CCCCCCCCCCCCC(=O)C1(N)CCOC1. The van der Waals surface area contributed by atoms with Gasteiger partial charge in [-0.15, -0.1) is 0 Å². The molecule has 0 aliphatic carbocycles. The monoisotopic (exact) mass is 283 g/mol. The van der Waals surface area contributed by atoms with Gasteiger partial charge in [0.2, 0.25) is 0 Å². The predicted molar refractivity (Wildman–Crippen MR) is 83.8 cm³/mol. The average molecular weight is 283 g/mol. The van der Waals surface area contributed by atoms with E-state index in [0.29, 0.717) is 26.1 Å². The molecule has 118 valence electrons. The molecule has 0 bridgehead atoms. The number of ketones is 1. The highest BCUT2D eigenvalue weighted by atomic mass is 16.5. The summed E-state index contributed by atoms with van der Waals surface area (Å²) in [6.07, 6.45) is 14.3. The van der Waals surface area contributed by atoms with E-state index in [1.807, 2.05) is 0 Å². The van der Waals surface area contributed by atoms with Crippen LogP contribution in [0.3, 0.4) is 0 Å². The maximum absolute atomic E-state index is 12.0. The fourth-order valence-corrected chi connectivity index (χ4v) is 2.82. The second-order valence-corrected chi connectivity index (χ2v) is 6.31. The minimum atomic E-state index is -0.667. The Morgan fingerprint density at radius 3 is 2.05 bits per heavy atom. The van der Waals surface area contributed by atoms with E-state index in [1.165, 1.54) is 51.4 Å². The first-order valence-corrected chi connectivity index (χ1v) is 8.59. The number of Topliss-reactive ketones (excluding diaryl/α,β-unsaturated/α-hetero) is 1. The van der Waals surface area contributed by atoms with Gasteiger partial charge in [-0.1, -0.05) is 64.7 Å². The summed E-state index contributed by atoms with van der Waals surface area (Å²) < 4.78 is 5.24. The zero-order chi connectivity index (χ0) is 14.7. The molecule has 1 aliphatic heterocycles. The summed E-state index contributed by atoms with van der Waals surface area (Å²) in [6, 6.07) is 0. The van der Waals surface area contributed by atoms with Gasteiger partial charge in [0, 0.05) is 13.0 Å². The summed E-state index contributed by atoms with van der Waals surface area (Å²) in [6.45, 7) is 3.31. The number of nitrogens with two attached hydrogens (primary N) is 1. The molecule has 0 saturated carbocycles. The third kappa shape index (κ3) is 6.85. The Bertz CT molecular complexity index is 260. The second-order valence-electron chi connectivity index (χ2n) is 6.31. The van der Waals surface area contributed by atoms with Gasteiger partial charge in [-0.25, -0.2) is 0 Å². The van der Waals surface area contributed by atoms with E-state index in [9.17, 15) is 4.79 Å². The van der Waals surface area contributed by atoms with Crippen molar-refractivity contribution in [1.82, 2.24) is 0 Å². The van der Waals surface area contributed by atoms with Crippen LogP contribution >= 0.6 is 0 Å². The number of hydrogen-bond donors (Lipinski definition) is 1. The topological polar surface area (TPSA) is 52.3 Å². The molecule has 0 amide bonds. The summed E-state index contributed by atoms with van der Waals surface area (Å²) in [7, 11) is 0. The van der Waals surface area contributed by atoms with Crippen LogP contribution in [0, 0.1) is 0 Å². The average Bonchev–Trinajstić information content (AvgIpc) is 2.89. The van der Waals surface area contributed by atoms with Crippen LogP contribution in [0.5, 0.6) is 0 Å². The van der Waals surface area contributed by atoms with Gasteiger partial charge >= 0.3 is 0 Å². The van der Waals surface area contributed by atoms with Gasteiger partial charge in [-0.3, -0.25) is 4.79 Å². The molecule has 0 aromatic heterocycles. The molecular weight excluding hydrogens is 250 g/mol. The van der Waals surface area contributed by atoms with Crippen LogP contribution in [0.2, 0.25) is 0 Å². The van der Waals surface area contributed by atoms with Crippen molar-refractivity contribution >= 4 is 5.78 Å². The van der Waals surface area contributed by atoms with Crippen molar-refractivity contribution in [1.29, 1.82) is 0 Å². The lowest BCUT2D eigenvalue weighted by Gasteiger charge is -2.19. The van der Waals surface area contributed by atoms with Crippen molar-refractivity contribution in [3.8, 4) is 0 Å². The molecule has 2 N–H and O–H groups in total. The first kappa shape index (κ1) is 17.6. The van der Waals surface area contributed by atoms with Crippen LogP contribution in [0.25, 0.3) is 0 Å². The Kier molecular flexibility index (Phi) is 9.12. The molecule has 0 aromatic carbocycles. The number of carbonyl (C=O) groups is 1.